The number of nitrogens with zero attached hydrogens (tertiary/aromatic N) is 4. The normalized spacial score (nSPS) is 12.8. The van der Waals surface area contributed by atoms with E-state index in [2.05, 4.69) is 20.4 Å². The third-order valence-corrected chi connectivity index (χ3v) is 4.19. The molecule has 0 amide bonds. The fraction of sp³-hybridized carbons (Fsp3) is 0.615. The molecule has 1 atom stereocenters. The van der Waals surface area contributed by atoms with Crippen molar-refractivity contribution >= 4 is 28.6 Å². The number of fused-ring (bicyclic) bond motifs is 1. The summed E-state index contributed by atoms with van der Waals surface area (Å²) in [7, 11) is 1.88. The lowest BCUT2D eigenvalue weighted by molar-refractivity contribution is 0.250. The van der Waals surface area contributed by atoms with Gasteiger partial charge in [0.25, 0.3) is 0 Å². The van der Waals surface area contributed by atoms with Gasteiger partial charge in [-0.2, -0.15) is 16.9 Å². The number of thioether (sulfide) groups is 1. The van der Waals surface area contributed by atoms with Crippen LogP contribution in [-0.4, -0.2) is 43.8 Å². The van der Waals surface area contributed by atoms with E-state index in [1.165, 1.54) is 0 Å². The minimum atomic E-state index is 0.220. The Hall–Kier alpha value is -1.34. The lowest BCUT2D eigenvalue weighted by Gasteiger charge is -2.09. The van der Waals surface area contributed by atoms with Gasteiger partial charge in [-0.25, -0.2) is 9.97 Å². The first-order chi connectivity index (χ1) is 9.65. The molecule has 0 saturated carbocycles. The molecule has 1 unspecified atom stereocenters. The number of aryl methyl sites for hydroxylation is 1. The number of anilines is 1. The van der Waals surface area contributed by atoms with E-state index >= 15 is 0 Å². The average molecular weight is 295 g/mol. The molecule has 0 aliphatic heterocycles. The Morgan fingerprint density at radius 1 is 1.45 bits per heavy atom. The molecule has 7 heteroatoms. The third kappa shape index (κ3) is 3.40. The van der Waals surface area contributed by atoms with Crippen LogP contribution < -0.4 is 5.32 Å². The number of hydrogen-bond acceptors (Lipinski definition) is 6. The van der Waals surface area contributed by atoms with Crippen LogP contribution in [0.3, 0.4) is 0 Å². The average Bonchev–Trinajstić information content (AvgIpc) is 2.81. The highest BCUT2D eigenvalue weighted by molar-refractivity contribution is 7.98. The number of hydrogen-bond donors (Lipinski definition) is 2. The van der Waals surface area contributed by atoms with Gasteiger partial charge in [-0.05, 0) is 18.6 Å². The van der Waals surface area contributed by atoms with Crippen LogP contribution in [0.4, 0.5) is 5.82 Å². The van der Waals surface area contributed by atoms with Gasteiger partial charge in [0.2, 0.25) is 0 Å². The largest absolute Gasteiger partial charge is 0.396 e. The number of rotatable bonds is 7. The summed E-state index contributed by atoms with van der Waals surface area (Å²) in [6.45, 7) is 5.11. The second-order valence-corrected chi connectivity index (χ2v) is 5.86. The minimum Gasteiger partial charge on any atom is -0.396 e. The van der Waals surface area contributed by atoms with Crippen molar-refractivity contribution in [2.45, 2.75) is 19.6 Å². The summed E-state index contributed by atoms with van der Waals surface area (Å²) in [5.41, 5.74) is 0.849. The maximum Gasteiger partial charge on any atom is 0.163 e. The van der Waals surface area contributed by atoms with Gasteiger partial charge >= 0.3 is 0 Å². The summed E-state index contributed by atoms with van der Waals surface area (Å²) >= 11 is 1.74. The SMILES string of the molecule is CCNc1nc(CSCC(C)CO)nc2c1cnn2C. The number of aromatic nitrogens is 4. The van der Waals surface area contributed by atoms with E-state index in [1.54, 1.807) is 22.6 Å². The van der Waals surface area contributed by atoms with Gasteiger partial charge in [0.1, 0.15) is 11.6 Å². The predicted molar refractivity (Wildman–Crippen MR) is 82.9 cm³/mol. The molecule has 0 aliphatic carbocycles. The first-order valence-electron chi connectivity index (χ1n) is 6.76. The van der Waals surface area contributed by atoms with E-state index in [4.69, 9.17) is 5.11 Å². The molecule has 2 N–H and O–H groups in total. The van der Waals surface area contributed by atoms with Gasteiger partial charge in [0.15, 0.2) is 5.65 Å². The molecule has 2 rings (SSSR count). The summed E-state index contributed by atoms with van der Waals surface area (Å²) in [5, 5.41) is 17.5. The number of aliphatic hydroxyl groups excluding tert-OH is 1. The van der Waals surface area contributed by atoms with Crippen molar-refractivity contribution in [3.05, 3.63) is 12.0 Å². The van der Waals surface area contributed by atoms with Crippen LogP contribution in [0.2, 0.25) is 0 Å². The van der Waals surface area contributed by atoms with Crippen LogP contribution >= 0.6 is 11.8 Å². The molecule has 20 heavy (non-hydrogen) atoms. The highest BCUT2D eigenvalue weighted by Gasteiger charge is 2.11. The summed E-state index contributed by atoms with van der Waals surface area (Å²) in [6.07, 6.45) is 1.79. The van der Waals surface area contributed by atoms with Crippen molar-refractivity contribution in [1.29, 1.82) is 0 Å². The smallest absolute Gasteiger partial charge is 0.163 e. The summed E-state index contributed by atoms with van der Waals surface area (Å²) in [4.78, 5) is 9.13. The van der Waals surface area contributed by atoms with E-state index < -0.39 is 0 Å². The second kappa shape index (κ2) is 6.90. The molecule has 110 valence electrons. The molecule has 0 saturated heterocycles. The first kappa shape index (κ1) is 15.1. The Morgan fingerprint density at radius 2 is 2.25 bits per heavy atom. The fourth-order valence-electron chi connectivity index (χ4n) is 1.84. The van der Waals surface area contributed by atoms with E-state index in [9.17, 15) is 0 Å². The molecule has 0 spiro atoms. The molecular weight excluding hydrogens is 274 g/mol. The molecule has 0 bridgehead atoms. The molecule has 2 aromatic heterocycles. The summed E-state index contributed by atoms with van der Waals surface area (Å²) < 4.78 is 1.77. The molecule has 6 nitrogen and oxygen atoms in total. The van der Waals surface area contributed by atoms with E-state index in [1.807, 2.05) is 20.9 Å². The number of nitrogens with one attached hydrogen (secondary N) is 1. The van der Waals surface area contributed by atoms with Gasteiger partial charge < -0.3 is 10.4 Å². The van der Waals surface area contributed by atoms with Gasteiger partial charge in [-0.15, -0.1) is 0 Å². The number of aliphatic hydroxyl groups is 1. The highest BCUT2D eigenvalue weighted by atomic mass is 32.2. The van der Waals surface area contributed by atoms with Crippen molar-refractivity contribution in [3.8, 4) is 0 Å². The minimum absolute atomic E-state index is 0.220. The summed E-state index contributed by atoms with van der Waals surface area (Å²) in [5.74, 6) is 3.58. The van der Waals surface area contributed by atoms with Crippen molar-refractivity contribution in [2.75, 3.05) is 24.2 Å². The zero-order valence-electron chi connectivity index (χ0n) is 12.1. The topological polar surface area (TPSA) is 75.9 Å². The zero-order valence-corrected chi connectivity index (χ0v) is 12.9. The van der Waals surface area contributed by atoms with Crippen LogP contribution in [0.25, 0.3) is 11.0 Å². The van der Waals surface area contributed by atoms with Crippen LogP contribution in [0.15, 0.2) is 6.20 Å². The van der Waals surface area contributed by atoms with Crippen LogP contribution in [0, 0.1) is 5.92 Å². The van der Waals surface area contributed by atoms with E-state index in [0.717, 1.165) is 40.7 Å². The third-order valence-electron chi connectivity index (χ3n) is 2.93. The Labute approximate surface area is 123 Å². The van der Waals surface area contributed by atoms with Gasteiger partial charge in [0.05, 0.1) is 17.3 Å². The van der Waals surface area contributed by atoms with Crippen molar-refractivity contribution in [2.24, 2.45) is 13.0 Å². The van der Waals surface area contributed by atoms with E-state index in [0.29, 0.717) is 5.92 Å². The molecular formula is C13H21N5OS. The maximum atomic E-state index is 9.03. The molecule has 0 fully saturated rings. The zero-order chi connectivity index (χ0) is 14.5. The lowest BCUT2D eigenvalue weighted by Crippen LogP contribution is -2.07. The lowest BCUT2D eigenvalue weighted by atomic mass is 10.2. The highest BCUT2D eigenvalue weighted by Crippen LogP contribution is 2.21. The van der Waals surface area contributed by atoms with Gasteiger partial charge in [0, 0.05) is 20.2 Å². The Kier molecular flexibility index (Phi) is 5.19. The summed E-state index contributed by atoms with van der Waals surface area (Å²) in [6, 6.07) is 0. The monoisotopic (exact) mass is 295 g/mol. The van der Waals surface area contributed by atoms with Crippen LogP contribution in [0.5, 0.6) is 0 Å². The molecule has 0 aromatic carbocycles. The van der Waals surface area contributed by atoms with Crippen LogP contribution in [0.1, 0.15) is 19.7 Å². The van der Waals surface area contributed by atoms with E-state index in [-0.39, 0.29) is 6.61 Å². The molecule has 0 radical (unpaired) electrons. The molecule has 2 aromatic rings. The van der Waals surface area contributed by atoms with Gasteiger partial charge in [-0.3, -0.25) is 4.68 Å². The molecule has 0 aliphatic rings. The van der Waals surface area contributed by atoms with Crippen molar-refractivity contribution in [1.82, 2.24) is 19.7 Å². The second-order valence-electron chi connectivity index (χ2n) is 4.83. The standard InChI is InChI=1S/C13H21N5OS/c1-4-14-12-10-5-15-18(3)13(10)17-11(16-12)8-20-7-9(2)6-19/h5,9,19H,4,6-8H2,1-3H3,(H,14,16,17). The van der Waals surface area contributed by atoms with Gasteiger partial charge in [-0.1, -0.05) is 6.92 Å². The quantitative estimate of drug-likeness (QED) is 0.809. The van der Waals surface area contributed by atoms with Crippen molar-refractivity contribution < 1.29 is 5.11 Å². The molecule has 2 heterocycles. The van der Waals surface area contributed by atoms with Crippen LogP contribution in [-0.2, 0) is 12.8 Å². The fourth-order valence-corrected chi connectivity index (χ4v) is 2.78. The maximum absolute atomic E-state index is 9.03. The first-order valence-corrected chi connectivity index (χ1v) is 7.92. The Balaban J connectivity index is 2.18. The van der Waals surface area contributed by atoms with Crippen molar-refractivity contribution in [3.63, 3.8) is 0 Å². The Morgan fingerprint density at radius 3 is 2.95 bits per heavy atom. The predicted octanol–water partition coefficient (Wildman–Crippen LogP) is 1.66. The Bertz CT molecular complexity index is 571.